The second kappa shape index (κ2) is 7.83. The molecule has 34 heavy (non-hydrogen) atoms. The number of fused-ring (bicyclic) bond motifs is 1. The van der Waals surface area contributed by atoms with E-state index in [2.05, 4.69) is 20.6 Å². The Hall–Kier alpha value is -3.94. The monoisotopic (exact) mass is 466 g/mol. The Morgan fingerprint density at radius 2 is 1.71 bits per heavy atom. The van der Waals surface area contributed by atoms with E-state index in [-0.39, 0.29) is 45.4 Å². The number of rotatable bonds is 2. The quantitative estimate of drug-likeness (QED) is 0.292. The number of nitrogens with two attached hydrogens (primary N) is 2. The molecule has 0 amide bonds. The highest BCUT2D eigenvalue weighted by Gasteiger charge is 2.53. The third-order valence-electron chi connectivity index (χ3n) is 6.26. The molecule has 1 unspecified atom stereocenters. The van der Waals surface area contributed by atoms with Crippen molar-refractivity contribution in [3.05, 3.63) is 40.5 Å². The zero-order valence-corrected chi connectivity index (χ0v) is 18.8. The van der Waals surface area contributed by atoms with E-state index in [1.165, 1.54) is 0 Å². The maximum absolute atomic E-state index is 15.3. The van der Waals surface area contributed by atoms with Crippen molar-refractivity contribution in [1.82, 2.24) is 10.3 Å². The van der Waals surface area contributed by atoms with Crippen LogP contribution in [0.4, 0.5) is 26.1 Å². The molecule has 2 aliphatic heterocycles. The molecule has 1 aromatic heterocycles. The summed E-state index contributed by atoms with van der Waals surface area (Å²) in [5, 5.41) is 23.5. The standard InChI is InChI=1S/C21H21BF2N8O2/c1-20(2)21(3,4)34-22(33-20)14-11(23)5-9(6-12(14)24)16-13-15(27)10(7-25)17(28)31-18(13)32-19(30-16)29-8-26/h5-6,16H,1-4H3,(H6,27,28,29,30,31,32). The van der Waals surface area contributed by atoms with E-state index in [9.17, 15) is 5.26 Å². The van der Waals surface area contributed by atoms with Crippen molar-refractivity contribution in [3.63, 3.8) is 0 Å². The number of nitrogen functional groups attached to an aromatic ring is 2. The van der Waals surface area contributed by atoms with Gasteiger partial charge < -0.3 is 26.1 Å². The molecule has 1 atom stereocenters. The molecular weight excluding hydrogens is 445 g/mol. The topological polar surface area (TPSA) is 167 Å². The van der Waals surface area contributed by atoms with Gasteiger partial charge in [0.15, 0.2) is 6.19 Å². The molecule has 0 radical (unpaired) electrons. The number of aliphatic imine (C=N–C) groups is 1. The molecular formula is C21H21BF2N8O2. The van der Waals surface area contributed by atoms with Crippen LogP contribution >= 0.6 is 0 Å². The molecule has 2 aromatic rings. The maximum Gasteiger partial charge on any atom is 0.500 e. The predicted molar refractivity (Wildman–Crippen MR) is 122 cm³/mol. The molecule has 2 aliphatic rings. The third-order valence-corrected chi connectivity index (χ3v) is 6.26. The summed E-state index contributed by atoms with van der Waals surface area (Å²) in [4.78, 5) is 8.43. The minimum atomic E-state index is -1.25. The van der Waals surface area contributed by atoms with Gasteiger partial charge in [0, 0.05) is 5.56 Å². The zero-order valence-electron chi connectivity index (χ0n) is 18.8. The van der Waals surface area contributed by atoms with E-state index >= 15 is 8.78 Å². The van der Waals surface area contributed by atoms with Crippen LogP contribution in [0.3, 0.4) is 0 Å². The first kappa shape index (κ1) is 23.2. The number of hydrogen-bond acceptors (Lipinski definition) is 10. The summed E-state index contributed by atoms with van der Waals surface area (Å²) in [6.45, 7) is 7.09. The lowest BCUT2D eigenvalue weighted by Crippen LogP contribution is -2.41. The van der Waals surface area contributed by atoms with Crippen molar-refractivity contribution in [2.45, 2.75) is 44.9 Å². The second-order valence-electron chi connectivity index (χ2n) is 8.89. The van der Waals surface area contributed by atoms with Crippen LogP contribution in [0.2, 0.25) is 0 Å². The summed E-state index contributed by atoms with van der Waals surface area (Å²) < 4.78 is 42.2. The van der Waals surface area contributed by atoms with Gasteiger partial charge in [-0.3, -0.25) is 5.32 Å². The summed E-state index contributed by atoms with van der Waals surface area (Å²) in [7, 11) is -1.25. The number of nitriles is 2. The van der Waals surface area contributed by atoms with Crippen LogP contribution in [-0.4, -0.2) is 29.3 Å². The molecule has 1 aromatic carbocycles. The molecule has 6 N–H and O–H groups in total. The van der Waals surface area contributed by atoms with E-state index in [0.29, 0.717) is 0 Å². The number of guanidine groups is 1. The Morgan fingerprint density at radius 3 is 2.24 bits per heavy atom. The maximum atomic E-state index is 15.3. The van der Waals surface area contributed by atoms with Crippen LogP contribution < -0.4 is 27.6 Å². The predicted octanol–water partition coefficient (Wildman–Crippen LogP) is 1.64. The number of nitrogens with zero attached hydrogens (tertiary/aromatic N) is 4. The molecule has 0 spiro atoms. The summed E-state index contributed by atoms with van der Waals surface area (Å²) in [6.07, 6.45) is 1.71. The van der Waals surface area contributed by atoms with Crippen LogP contribution in [0, 0.1) is 34.4 Å². The van der Waals surface area contributed by atoms with E-state index in [1.807, 2.05) is 6.07 Å². The van der Waals surface area contributed by atoms with Crippen LogP contribution in [0.5, 0.6) is 0 Å². The second-order valence-corrected chi connectivity index (χ2v) is 8.89. The van der Waals surface area contributed by atoms with Crippen molar-refractivity contribution >= 4 is 35.9 Å². The van der Waals surface area contributed by atoms with Gasteiger partial charge in [0.05, 0.1) is 22.4 Å². The fourth-order valence-corrected chi connectivity index (χ4v) is 3.77. The lowest BCUT2D eigenvalue weighted by molar-refractivity contribution is 0.00578. The number of benzene rings is 1. The van der Waals surface area contributed by atoms with E-state index < -0.39 is 36.0 Å². The number of halogens is 2. The van der Waals surface area contributed by atoms with Gasteiger partial charge in [-0.2, -0.15) is 10.5 Å². The van der Waals surface area contributed by atoms with Crippen molar-refractivity contribution in [2.75, 3.05) is 16.8 Å². The lowest BCUT2D eigenvalue weighted by Gasteiger charge is -2.32. The number of hydrogen-bond donors (Lipinski definition) is 4. The molecule has 1 fully saturated rings. The van der Waals surface area contributed by atoms with E-state index in [0.717, 1.165) is 12.1 Å². The Morgan fingerprint density at radius 1 is 1.12 bits per heavy atom. The van der Waals surface area contributed by atoms with Gasteiger partial charge in [-0.15, -0.1) is 0 Å². The highest BCUT2D eigenvalue weighted by molar-refractivity contribution is 6.62. The van der Waals surface area contributed by atoms with Crippen molar-refractivity contribution in [1.29, 1.82) is 10.5 Å². The molecule has 1 saturated heterocycles. The molecule has 0 saturated carbocycles. The summed E-state index contributed by atoms with van der Waals surface area (Å²) in [5.74, 6) is -1.91. The fourth-order valence-electron chi connectivity index (χ4n) is 3.77. The third kappa shape index (κ3) is 3.55. The van der Waals surface area contributed by atoms with E-state index in [1.54, 1.807) is 33.9 Å². The van der Waals surface area contributed by atoms with Gasteiger partial charge in [0.2, 0.25) is 5.96 Å². The minimum absolute atomic E-state index is 0.0353. The largest absolute Gasteiger partial charge is 0.500 e. The molecule has 3 heterocycles. The van der Waals surface area contributed by atoms with Crippen molar-refractivity contribution in [2.24, 2.45) is 4.99 Å². The van der Waals surface area contributed by atoms with Crippen LogP contribution in [-0.2, 0) is 9.31 Å². The minimum Gasteiger partial charge on any atom is -0.399 e. The summed E-state index contributed by atoms with van der Waals surface area (Å²) in [5.41, 5.74) is 10.1. The smallest absolute Gasteiger partial charge is 0.399 e. The number of nitrogens with one attached hydrogen (secondary N) is 2. The van der Waals surface area contributed by atoms with E-state index in [4.69, 9.17) is 26.0 Å². The zero-order chi connectivity index (χ0) is 25.0. The lowest BCUT2D eigenvalue weighted by atomic mass is 9.77. The first-order valence-corrected chi connectivity index (χ1v) is 10.2. The molecule has 0 aliphatic carbocycles. The van der Waals surface area contributed by atoms with Gasteiger partial charge in [-0.05, 0) is 45.4 Å². The average Bonchev–Trinajstić information content (AvgIpc) is 2.93. The molecule has 174 valence electrons. The van der Waals surface area contributed by atoms with Gasteiger partial charge in [-0.1, -0.05) is 0 Å². The molecule has 13 heteroatoms. The SMILES string of the molecule is CC1(C)OB(c2c(F)cc(C3N=C(NC#N)Nc4nc(N)c(C#N)c(N)c43)cc2F)OC1(C)C. The summed E-state index contributed by atoms with van der Waals surface area (Å²) in [6, 6.07) is 2.94. The van der Waals surface area contributed by atoms with Crippen LogP contribution in [0.25, 0.3) is 0 Å². The van der Waals surface area contributed by atoms with Gasteiger partial charge in [-0.25, -0.2) is 18.8 Å². The Labute approximate surface area is 194 Å². The first-order valence-electron chi connectivity index (χ1n) is 10.2. The summed E-state index contributed by atoms with van der Waals surface area (Å²) >= 11 is 0. The molecule has 10 nitrogen and oxygen atoms in total. The Balaban J connectivity index is 1.84. The van der Waals surface area contributed by atoms with Crippen molar-refractivity contribution < 1.29 is 18.1 Å². The van der Waals surface area contributed by atoms with Gasteiger partial charge in [0.25, 0.3) is 0 Å². The number of anilines is 3. The van der Waals surface area contributed by atoms with Crippen LogP contribution in [0.1, 0.15) is 50.4 Å². The Kier molecular flexibility index (Phi) is 5.35. The van der Waals surface area contributed by atoms with Gasteiger partial charge >= 0.3 is 7.12 Å². The van der Waals surface area contributed by atoms with Crippen molar-refractivity contribution in [3.8, 4) is 12.3 Å². The Bertz CT molecular complexity index is 1280. The van der Waals surface area contributed by atoms with Gasteiger partial charge in [0.1, 0.15) is 40.9 Å². The molecule has 0 bridgehead atoms. The highest BCUT2D eigenvalue weighted by atomic mass is 19.1. The number of aromatic nitrogens is 1. The average molecular weight is 466 g/mol. The van der Waals surface area contributed by atoms with Crippen LogP contribution in [0.15, 0.2) is 17.1 Å². The fraction of sp³-hybridized carbons (Fsp3) is 0.333. The highest BCUT2D eigenvalue weighted by Crippen LogP contribution is 2.41. The molecule has 4 rings (SSSR count). The normalized spacial score (nSPS) is 19.9. The number of pyridine rings is 1. The first-order chi connectivity index (χ1) is 15.9.